The molecule has 1 fully saturated rings. The van der Waals surface area contributed by atoms with Crippen LogP contribution in [0.3, 0.4) is 0 Å². The summed E-state index contributed by atoms with van der Waals surface area (Å²) in [6.45, 7) is 3.67. The maximum atomic E-state index is 11.3. The molecule has 6 N–H and O–H groups in total. The molecule has 0 bridgehead atoms. The molecule has 1 heterocycles. The zero-order valence-corrected chi connectivity index (χ0v) is 13.0. The molecule has 2 amide bonds. The molecule has 6 atom stereocenters. The number of ether oxygens (including phenoxy) is 1. The van der Waals surface area contributed by atoms with E-state index in [-0.39, 0.29) is 0 Å². The lowest BCUT2D eigenvalue weighted by Crippen LogP contribution is -2.69. The maximum Gasteiger partial charge on any atom is 0.364 e. The molecule has 0 spiro atoms. The van der Waals surface area contributed by atoms with E-state index in [9.17, 15) is 29.7 Å². The maximum absolute atomic E-state index is 11.3. The summed E-state index contributed by atoms with van der Waals surface area (Å²) in [7, 11) is 0. The summed E-state index contributed by atoms with van der Waals surface area (Å²) in [6.07, 6.45) is -4.72. The van der Waals surface area contributed by atoms with Gasteiger partial charge >= 0.3 is 5.97 Å². The van der Waals surface area contributed by atoms with Crippen molar-refractivity contribution in [1.82, 2.24) is 10.6 Å². The first kappa shape index (κ1) is 19.3. The Labute approximate surface area is 132 Å². The van der Waals surface area contributed by atoms with Gasteiger partial charge in [0.15, 0.2) is 0 Å². The van der Waals surface area contributed by atoms with Gasteiger partial charge in [0.05, 0.1) is 24.3 Å². The van der Waals surface area contributed by atoms with Gasteiger partial charge in [-0.05, 0) is 6.92 Å². The van der Waals surface area contributed by atoms with Gasteiger partial charge in [-0.1, -0.05) is 0 Å². The van der Waals surface area contributed by atoms with Crippen molar-refractivity contribution in [1.29, 1.82) is 0 Å². The number of carboxylic acids is 1. The summed E-state index contributed by atoms with van der Waals surface area (Å²) < 4.78 is 5.15. The smallest absolute Gasteiger partial charge is 0.364 e. The summed E-state index contributed by atoms with van der Waals surface area (Å²) in [6, 6.07) is -2.29. The average molecular weight is 334 g/mol. The van der Waals surface area contributed by atoms with Crippen LogP contribution < -0.4 is 10.6 Å². The van der Waals surface area contributed by atoms with E-state index in [1.807, 2.05) is 0 Å². The first-order valence-electron chi connectivity index (χ1n) is 7.02. The SMILES string of the molecule is CC(=O)N[C@@H]([C@@H]1OC(O)(C(=O)O)C[C@H](O)[C@H]1NC(C)=O)[C@H](C)O. The van der Waals surface area contributed by atoms with Crippen LogP contribution in [0.1, 0.15) is 27.2 Å². The van der Waals surface area contributed by atoms with Crippen molar-refractivity contribution in [3.63, 3.8) is 0 Å². The normalized spacial score (nSPS) is 33.4. The van der Waals surface area contributed by atoms with Crippen LogP contribution >= 0.6 is 0 Å². The highest BCUT2D eigenvalue weighted by Crippen LogP contribution is 2.30. The largest absolute Gasteiger partial charge is 0.477 e. The van der Waals surface area contributed by atoms with Crippen LogP contribution in [0, 0.1) is 0 Å². The second kappa shape index (κ2) is 7.21. The molecule has 1 unspecified atom stereocenters. The van der Waals surface area contributed by atoms with Crippen LogP contribution in [-0.2, 0) is 19.1 Å². The average Bonchev–Trinajstić information content (AvgIpc) is 2.38. The number of hydrogen-bond acceptors (Lipinski definition) is 7. The second-order valence-electron chi connectivity index (χ2n) is 5.64. The number of aliphatic hydroxyl groups excluding tert-OH is 2. The van der Waals surface area contributed by atoms with Crippen LogP contribution in [0.5, 0.6) is 0 Å². The number of hydrogen-bond donors (Lipinski definition) is 6. The number of aliphatic carboxylic acids is 1. The van der Waals surface area contributed by atoms with Gasteiger partial charge in [-0.3, -0.25) is 9.59 Å². The fourth-order valence-electron chi connectivity index (χ4n) is 2.54. The number of carbonyl (C=O) groups is 3. The Morgan fingerprint density at radius 1 is 1.26 bits per heavy atom. The van der Waals surface area contributed by atoms with Crippen molar-refractivity contribution in [2.75, 3.05) is 0 Å². The summed E-state index contributed by atoms with van der Waals surface area (Å²) in [5.74, 6) is -5.50. The van der Waals surface area contributed by atoms with Gasteiger partial charge in [-0.2, -0.15) is 0 Å². The number of carboxylic acid groups (broad SMARTS) is 1. The van der Waals surface area contributed by atoms with E-state index in [4.69, 9.17) is 9.84 Å². The van der Waals surface area contributed by atoms with E-state index in [2.05, 4.69) is 10.6 Å². The topological polar surface area (TPSA) is 165 Å². The van der Waals surface area contributed by atoms with Crippen LogP contribution in [0.25, 0.3) is 0 Å². The van der Waals surface area contributed by atoms with Crippen molar-refractivity contribution >= 4 is 17.8 Å². The number of aliphatic hydroxyl groups is 3. The fourth-order valence-corrected chi connectivity index (χ4v) is 2.54. The van der Waals surface area contributed by atoms with Crippen molar-refractivity contribution in [2.45, 2.75) is 63.4 Å². The molecule has 0 aliphatic carbocycles. The van der Waals surface area contributed by atoms with Crippen LogP contribution in [0.2, 0.25) is 0 Å². The van der Waals surface area contributed by atoms with Gasteiger partial charge in [0.25, 0.3) is 5.79 Å². The summed E-state index contributed by atoms with van der Waals surface area (Å²) in [5.41, 5.74) is 0. The third-order valence-corrected chi connectivity index (χ3v) is 3.53. The van der Waals surface area contributed by atoms with E-state index < -0.39 is 60.4 Å². The lowest BCUT2D eigenvalue weighted by atomic mass is 9.87. The Kier molecular flexibility index (Phi) is 6.05. The minimum Gasteiger partial charge on any atom is -0.477 e. The standard InChI is InChI=1S/C13H22N2O8/c1-5(16)9(14-6(2)17)11-10(15-7(3)18)8(19)4-13(22,23-11)12(20)21/h5,8-11,16,19,22H,4H2,1-3H3,(H,14,17)(H,15,18)(H,20,21)/t5-,8-,9+,10+,11-,13?/m0/s1. The van der Waals surface area contributed by atoms with Crippen LogP contribution in [0.15, 0.2) is 0 Å². The predicted octanol–water partition coefficient (Wildman–Crippen LogP) is -2.70. The van der Waals surface area contributed by atoms with Gasteiger partial charge in [0.2, 0.25) is 11.8 Å². The molecule has 1 aliphatic heterocycles. The number of carbonyl (C=O) groups excluding carboxylic acids is 2. The first-order chi connectivity index (χ1) is 10.5. The number of amides is 2. The van der Waals surface area contributed by atoms with Crippen LogP contribution in [0.4, 0.5) is 0 Å². The molecule has 0 aromatic heterocycles. The first-order valence-corrected chi connectivity index (χ1v) is 7.02. The van der Waals surface area contributed by atoms with Crippen molar-refractivity contribution < 1.29 is 39.5 Å². The molecule has 1 aliphatic rings. The Morgan fingerprint density at radius 2 is 1.83 bits per heavy atom. The summed E-state index contributed by atoms with van der Waals surface area (Å²) in [4.78, 5) is 33.8. The number of nitrogens with one attached hydrogen (secondary N) is 2. The zero-order valence-electron chi connectivity index (χ0n) is 13.0. The Bertz CT molecular complexity index is 465. The quantitative estimate of drug-likeness (QED) is 0.316. The van der Waals surface area contributed by atoms with Crippen molar-refractivity contribution in [2.24, 2.45) is 0 Å². The number of rotatable bonds is 5. The monoisotopic (exact) mass is 334 g/mol. The second-order valence-corrected chi connectivity index (χ2v) is 5.64. The molecule has 0 saturated carbocycles. The van der Waals surface area contributed by atoms with E-state index in [1.165, 1.54) is 20.8 Å². The molecular formula is C13H22N2O8. The van der Waals surface area contributed by atoms with E-state index >= 15 is 0 Å². The molecule has 10 nitrogen and oxygen atoms in total. The molecule has 0 radical (unpaired) electrons. The lowest BCUT2D eigenvalue weighted by molar-refractivity contribution is -0.283. The van der Waals surface area contributed by atoms with Crippen molar-refractivity contribution in [3.8, 4) is 0 Å². The third kappa shape index (κ3) is 4.61. The lowest BCUT2D eigenvalue weighted by Gasteiger charge is -2.45. The fraction of sp³-hybridized carbons (Fsp3) is 0.769. The molecule has 0 aromatic carbocycles. The molecule has 1 rings (SSSR count). The predicted molar refractivity (Wildman–Crippen MR) is 75.0 cm³/mol. The Hall–Kier alpha value is -1.75. The van der Waals surface area contributed by atoms with E-state index in [0.717, 1.165) is 0 Å². The Morgan fingerprint density at radius 3 is 2.22 bits per heavy atom. The minimum atomic E-state index is -2.70. The highest BCUT2D eigenvalue weighted by molar-refractivity contribution is 5.76. The Balaban J connectivity index is 3.21. The molecule has 23 heavy (non-hydrogen) atoms. The van der Waals surface area contributed by atoms with Gasteiger partial charge in [-0.25, -0.2) is 4.79 Å². The van der Waals surface area contributed by atoms with Gasteiger partial charge in [0, 0.05) is 20.3 Å². The van der Waals surface area contributed by atoms with Crippen molar-refractivity contribution in [3.05, 3.63) is 0 Å². The van der Waals surface area contributed by atoms with Crippen LogP contribution in [-0.4, -0.2) is 74.4 Å². The van der Waals surface area contributed by atoms with Gasteiger partial charge < -0.3 is 35.8 Å². The summed E-state index contributed by atoms with van der Waals surface area (Å²) >= 11 is 0. The molecule has 10 heteroatoms. The third-order valence-electron chi connectivity index (χ3n) is 3.53. The van der Waals surface area contributed by atoms with Gasteiger partial charge in [-0.15, -0.1) is 0 Å². The highest BCUT2D eigenvalue weighted by atomic mass is 16.7. The molecule has 0 aromatic rings. The summed E-state index contributed by atoms with van der Waals surface area (Å²) in [5, 5.41) is 43.8. The zero-order chi connectivity index (χ0) is 17.9. The molecule has 1 saturated heterocycles. The minimum absolute atomic E-state index is 0.532. The van der Waals surface area contributed by atoms with E-state index in [1.54, 1.807) is 0 Å². The molecular weight excluding hydrogens is 312 g/mol. The highest BCUT2D eigenvalue weighted by Gasteiger charge is 2.53. The molecule has 132 valence electrons. The van der Waals surface area contributed by atoms with Gasteiger partial charge in [0.1, 0.15) is 6.10 Å². The van der Waals surface area contributed by atoms with E-state index in [0.29, 0.717) is 0 Å².